The predicted octanol–water partition coefficient (Wildman–Crippen LogP) is 2.77. The third kappa shape index (κ3) is 3.83. The molecule has 7 nitrogen and oxygen atoms in total. The van der Waals surface area contributed by atoms with Gasteiger partial charge in [0.25, 0.3) is 11.5 Å². The van der Waals surface area contributed by atoms with Gasteiger partial charge in [-0.05, 0) is 44.0 Å². The summed E-state index contributed by atoms with van der Waals surface area (Å²) < 4.78 is 5.38. The number of benzene rings is 2. The smallest absolute Gasteiger partial charge is 0.307 e. The SMILES string of the molecule is C[C@H](OC(=O)CCc1nc2ccccc2c(=O)[nH]1)C(=O)N1c2ccccc2C[C@H]1C. The van der Waals surface area contributed by atoms with E-state index in [1.54, 1.807) is 36.1 Å². The van der Waals surface area contributed by atoms with Crippen LogP contribution in [0, 0.1) is 0 Å². The lowest BCUT2D eigenvalue weighted by Crippen LogP contribution is -2.43. The largest absolute Gasteiger partial charge is 0.453 e. The Kier molecular flexibility index (Phi) is 5.35. The van der Waals surface area contributed by atoms with Gasteiger partial charge >= 0.3 is 5.97 Å². The summed E-state index contributed by atoms with van der Waals surface area (Å²) in [6.45, 7) is 3.57. The molecule has 0 saturated carbocycles. The minimum absolute atomic E-state index is 0.0166. The Bertz CT molecular complexity index is 1170. The second-order valence-corrected chi connectivity index (χ2v) is 7.55. The van der Waals surface area contributed by atoms with Crippen molar-refractivity contribution in [1.82, 2.24) is 9.97 Å². The lowest BCUT2D eigenvalue weighted by Gasteiger charge is -2.25. The van der Waals surface area contributed by atoms with Crippen molar-refractivity contribution in [1.29, 1.82) is 0 Å². The maximum Gasteiger partial charge on any atom is 0.307 e. The lowest BCUT2D eigenvalue weighted by molar-refractivity contribution is -0.154. The molecule has 1 N–H and O–H groups in total. The molecule has 2 aromatic carbocycles. The molecule has 4 rings (SSSR count). The van der Waals surface area contributed by atoms with Crippen molar-refractivity contribution in [2.24, 2.45) is 0 Å². The number of aromatic nitrogens is 2. The minimum Gasteiger partial charge on any atom is -0.453 e. The number of ether oxygens (including phenoxy) is 1. The fourth-order valence-electron chi connectivity index (χ4n) is 3.88. The topological polar surface area (TPSA) is 92.4 Å². The monoisotopic (exact) mass is 405 g/mol. The summed E-state index contributed by atoms with van der Waals surface area (Å²) in [4.78, 5) is 46.1. The first-order valence-electron chi connectivity index (χ1n) is 10.0. The van der Waals surface area contributed by atoms with E-state index in [0.29, 0.717) is 16.7 Å². The van der Waals surface area contributed by atoms with Gasteiger partial charge in [0.05, 0.1) is 17.3 Å². The van der Waals surface area contributed by atoms with Crippen LogP contribution < -0.4 is 10.5 Å². The molecule has 1 aliphatic heterocycles. The molecule has 154 valence electrons. The third-order valence-electron chi connectivity index (χ3n) is 5.33. The highest BCUT2D eigenvalue weighted by atomic mass is 16.5. The van der Waals surface area contributed by atoms with Gasteiger partial charge in [0.2, 0.25) is 0 Å². The Hall–Kier alpha value is -3.48. The van der Waals surface area contributed by atoms with Crippen LogP contribution in [0.4, 0.5) is 5.69 Å². The Morgan fingerprint density at radius 1 is 1.20 bits per heavy atom. The summed E-state index contributed by atoms with van der Waals surface area (Å²) in [7, 11) is 0. The number of para-hydroxylation sites is 2. The van der Waals surface area contributed by atoms with Crippen molar-refractivity contribution in [2.45, 2.75) is 45.3 Å². The summed E-state index contributed by atoms with van der Waals surface area (Å²) in [5, 5.41) is 0.503. The Balaban J connectivity index is 1.38. The van der Waals surface area contributed by atoms with Crippen LogP contribution in [0.3, 0.4) is 0 Å². The standard InChI is InChI=1S/C23H23N3O4/c1-14-13-16-7-3-6-10-19(16)26(14)23(29)15(2)30-21(27)12-11-20-24-18-9-5-4-8-17(18)22(28)25-20/h3-10,14-15H,11-13H2,1-2H3,(H,24,25,28)/t14-,15+/m1/s1. The van der Waals surface area contributed by atoms with E-state index >= 15 is 0 Å². The summed E-state index contributed by atoms with van der Waals surface area (Å²) in [6.07, 6.45) is 0.131. The Morgan fingerprint density at radius 2 is 1.93 bits per heavy atom. The van der Waals surface area contributed by atoms with E-state index in [1.807, 2.05) is 31.2 Å². The van der Waals surface area contributed by atoms with Crippen molar-refractivity contribution in [3.8, 4) is 0 Å². The number of hydrogen-bond acceptors (Lipinski definition) is 5. The van der Waals surface area contributed by atoms with Crippen molar-refractivity contribution in [2.75, 3.05) is 4.90 Å². The lowest BCUT2D eigenvalue weighted by atomic mass is 10.1. The molecular formula is C23H23N3O4. The highest BCUT2D eigenvalue weighted by Crippen LogP contribution is 2.32. The number of nitrogens with one attached hydrogen (secondary N) is 1. The van der Waals surface area contributed by atoms with Gasteiger partial charge in [0.1, 0.15) is 5.82 Å². The number of hydrogen-bond donors (Lipinski definition) is 1. The maximum atomic E-state index is 12.9. The quantitative estimate of drug-likeness (QED) is 0.659. The first-order valence-corrected chi connectivity index (χ1v) is 10.0. The van der Waals surface area contributed by atoms with Crippen molar-refractivity contribution in [3.63, 3.8) is 0 Å². The predicted molar refractivity (Wildman–Crippen MR) is 113 cm³/mol. The number of H-pyrrole nitrogens is 1. The Morgan fingerprint density at radius 3 is 2.77 bits per heavy atom. The van der Waals surface area contributed by atoms with Crippen LogP contribution in [-0.4, -0.2) is 34.0 Å². The van der Waals surface area contributed by atoms with E-state index in [-0.39, 0.29) is 30.3 Å². The van der Waals surface area contributed by atoms with E-state index in [4.69, 9.17) is 4.74 Å². The van der Waals surface area contributed by atoms with Crippen molar-refractivity contribution in [3.05, 3.63) is 70.3 Å². The van der Waals surface area contributed by atoms with Gasteiger partial charge in [-0.25, -0.2) is 4.98 Å². The number of anilines is 1. The number of rotatable bonds is 5. The normalized spacial score (nSPS) is 16.3. The molecular weight excluding hydrogens is 382 g/mol. The molecule has 0 aliphatic carbocycles. The van der Waals surface area contributed by atoms with Gasteiger partial charge in [-0.3, -0.25) is 14.4 Å². The van der Waals surface area contributed by atoms with Gasteiger partial charge in [-0.2, -0.15) is 0 Å². The highest BCUT2D eigenvalue weighted by Gasteiger charge is 2.34. The van der Waals surface area contributed by atoms with E-state index in [1.165, 1.54) is 0 Å². The van der Waals surface area contributed by atoms with Gasteiger partial charge in [-0.15, -0.1) is 0 Å². The summed E-state index contributed by atoms with van der Waals surface area (Å²) in [6, 6.07) is 14.8. The van der Waals surface area contributed by atoms with Crippen LogP contribution in [0.1, 0.15) is 31.7 Å². The molecule has 0 fully saturated rings. The van der Waals surface area contributed by atoms with E-state index in [0.717, 1.165) is 17.7 Å². The van der Waals surface area contributed by atoms with Crippen molar-refractivity contribution >= 4 is 28.5 Å². The Labute approximate surface area is 173 Å². The number of carbonyl (C=O) groups is 2. The van der Waals surface area contributed by atoms with Crippen LogP contribution in [-0.2, 0) is 27.2 Å². The van der Waals surface area contributed by atoms with Gasteiger partial charge in [0, 0.05) is 18.2 Å². The number of fused-ring (bicyclic) bond motifs is 2. The molecule has 0 bridgehead atoms. The molecule has 1 aliphatic rings. The molecule has 2 atom stereocenters. The molecule has 1 aromatic heterocycles. The van der Waals surface area contributed by atoms with Crippen LogP contribution in [0.5, 0.6) is 0 Å². The van der Waals surface area contributed by atoms with Gasteiger partial charge < -0.3 is 14.6 Å². The van der Waals surface area contributed by atoms with Gasteiger partial charge in [0.15, 0.2) is 6.10 Å². The molecule has 0 unspecified atom stereocenters. The summed E-state index contributed by atoms with van der Waals surface area (Å²) in [5.74, 6) is -0.332. The molecule has 30 heavy (non-hydrogen) atoms. The minimum atomic E-state index is -0.894. The average Bonchev–Trinajstić information content (AvgIpc) is 3.07. The average molecular weight is 405 g/mol. The van der Waals surface area contributed by atoms with Crippen LogP contribution >= 0.6 is 0 Å². The number of aryl methyl sites for hydroxylation is 1. The van der Waals surface area contributed by atoms with Crippen molar-refractivity contribution < 1.29 is 14.3 Å². The number of carbonyl (C=O) groups excluding carboxylic acids is 2. The molecule has 0 saturated heterocycles. The molecule has 3 aromatic rings. The van der Waals surface area contributed by atoms with Gasteiger partial charge in [-0.1, -0.05) is 30.3 Å². The maximum absolute atomic E-state index is 12.9. The fourth-order valence-corrected chi connectivity index (χ4v) is 3.88. The zero-order valence-electron chi connectivity index (χ0n) is 16.9. The zero-order valence-corrected chi connectivity index (χ0v) is 16.9. The van der Waals surface area contributed by atoms with E-state index in [9.17, 15) is 14.4 Å². The number of aromatic amines is 1. The van der Waals surface area contributed by atoms with Crippen LogP contribution in [0.2, 0.25) is 0 Å². The first-order chi connectivity index (χ1) is 14.4. The van der Waals surface area contributed by atoms with E-state index < -0.39 is 12.1 Å². The summed E-state index contributed by atoms with van der Waals surface area (Å²) >= 11 is 0. The second-order valence-electron chi connectivity index (χ2n) is 7.55. The second kappa shape index (κ2) is 8.10. The first kappa shape index (κ1) is 19.8. The number of nitrogens with zero attached hydrogens (tertiary/aromatic N) is 2. The molecule has 2 heterocycles. The highest BCUT2D eigenvalue weighted by molar-refractivity contribution is 5.99. The number of amides is 1. The molecule has 0 radical (unpaired) electrons. The molecule has 1 amide bonds. The third-order valence-corrected chi connectivity index (χ3v) is 5.33. The van der Waals surface area contributed by atoms with Crippen LogP contribution in [0.25, 0.3) is 10.9 Å². The molecule has 0 spiro atoms. The van der Waals surface area contributed by atoms with E-state index in [2.05, 4.69) is 9.97 Å². The van der Waals surface area contributed by atoms with Crippen LogP contribution in [0.15, 0.2) is 53.3 Å². The zero-order chi connectivity index (χ0) is 21.3. The fraction of sp³-hybridized carbons (Fsp3) is 0.304. The molecule has 7 heteroatoms. The number of esters is 1. The summed E-state index contributed by atoms with van der Waals surface area (Å²) in [5.41, 5.74) is 2.32.